The van der Waals surface area contributed by atoms with Crippen molar-refractivity contribution in [1.82, 2.24) is 15.1 Å². The number of nitrogen functional groups attached to an aromatic ring is 1. The van der Waals surface area contributed by atoms with Gasteiger partial charge in [-0.3, -0.25) is 9.48 Å². The van der Waals surface area contributed by atoms with Crippen LogP contribution in [0.5, 0.6) is 0 Å². The Morgan fingerprint density at radius 3 is 2.94 bits per heavy atom. The number of nitrogens with zero attached hydrogens (tertiary/aromatic N) is 2. The molecular weight excluding hydrogens is 216 g/mol. The number of carbonyl (C=O) groups is 1. The Bertz CT molecular complexity index is 430. The van der Waals surface area contributed by atoms with Crippen molar-refractivity contribution < 1.29 is 4.79 Å². The van der Waals surface area contributed by atoms with Gasteiger partial charge >= 0.3 is 0 Å². The van der Waals surface area contributed by atoms with Gasteiger partial charge in [0.25, 0.3) is 5.91 Å². The molecule has 17 heavy (non-hydrogen) atoms. The summed E-state index contributed by atoms with van der Waals surface area (Å²) in [5.74, 6) is 2.28. The van der Waals surface area contributed by atoms with Gasteiger partial charge in [-0.15, -0.1) is 6.42 Å². The fraction of sp³-hybridized carbons (Fsp3) is 0.500. The van der Waals surface area contributed by atoms with E-state index in [4.69, 9.17) is 12.2 Å². The summed E-state index contributed by atoms with van der Waals surface area (Å²) in [6, 6.07) is -0.257. The van der Waals surface area contributed by atoms with Crippen LogP contribution in [0.2, 0.25) is 0 Å². The first-order valence-corrected chi connectivity index (χ1v) is 5.72. The molecule has 0 aliphatic rings. The zero-order valence-electron chi connectivity index (χ0n) is 10.2. The number of aromatic nitrogens is 2. The molecule has 1 heterocycles. The van der Waals surface area contributed by atoms with E-state index in [-0.39, 0.29) is 11.9 Å². The van der Waals surface area contributed by atoms with E-state index in [1.54, 1.807) is 4.68 Å². The molecule has 0 saturated carbocycles. The maximum Gasteiger partial charge on any atom is 0.272 e. The van der Waals surface area contributed by atoms with Gasteiger partial charge in [-0.1, -0.05) is 19.3 Å². The molecule has 1 aromatic heterocycles. The van der Waals surface area contributed by atoms with Gasteiger partial charge in [0.05, 0.1) is 17.9 Å². The van der Waals surface area contributed by atoms with E-state index in [9.17, 15) is 4.79 Å². The normalized spacial score (nSPS) is 11.8. The third kappa shape index (κ3) is 3.00. The highest BCUT2D eigenvalue weighted by Crippen LogP contribution is 2.11. The van der Waals surface area contributed by atoms with Crippen molar-refractivity contribution >= 4 is 11.6 Å². The van der Waals surface area contributed by atoms with Crippen molar-refractivity contribution in [1.29, 1.82) is 0 Å². The number of terminal acetylenes is 1. The summed E-state index contributed by atoms with van der Waals surface area (Å²) in [5.41, 5.74) is 6.46. The summed E-state index contributed by atoms with van der Waals surface area (Å²) in [6.45, 7) is 4.50. The Morgan fingerprint density at radius 2 is 2.41 bits per heavy atom. The molecule has 0 aliphatic carbocycles. The monoisotopic (exact) mass is 234 g/mol. The molecule has 92 valence electrons. The molecular formula is C12H18N4O. The van der Waals surface area contributed by atoms with Crippen LogP contribution in [0.4, 0.5) is 5.69 Å². The molecule has 0 aromatic carbocycles. The third-order valence-electron chi connectivity index (χ3n) is 2.47. The second-order valence-electron chi connectivity index (χ2n) is 3.75. The Balaban J connectivity index is 2.82. The first kappa shape index (κ1) is 13.1. The molecule has 0 fully saturated rings. The van der Waals surface area contributed by atoms with Gasteiger partial charge in [-0.2, -0.15) is 5.10 Å². The second-order valence-corrected chi connectivity index (χ2v) is 3.75. The molecule has 0 bridgehead atoms. The van der Waals surface area contributed by atoms with Gasteiger partial charge in [0.2, 0.25) is 0 Å². The highest BCUT2D eigenvalue weighted by atomic mass is 16.2. The van der Waals surface area contributed by atoms with Gasteiger partial charge in [-0.25, -0.2) is 0 Å². The number of anilines is 1. The fourth-order valence-corrected chi connectivity index (χ4v) is 1.60. The van der Waals surface area contributed by atoms with Crippen molar-refractivity contribution in [3.8, 4) is 12.3 Å². The molecule has 0 spiro atoms. The van der Waals surface area contributed by atoms with E-state index in [1.165, 1.54) is 6.20 Å². The summed E-state index contributed by atoms with van der Waals surface area (Å²) in [7, 11) is 0. The van der Waals surface area contributed by atoms with Crippen LogP contribution in [-0.2, 0) is 6.54 Å². The van der Waals surface area contributed by atoms with Crippen molar-refractivity contribution in [2.24, 2.45) is 0 Å². The number of hydrogen-bond donors (Lipinski definition) is 2. The smallest absolute Gasteiger partial charge is 0.272 e. The highest BCUT2D eigenvalue weighted by Gasteiger charge is 2.18. The number of rotatable bonds is 5. The van der Waals surface area contributed by atoms with E-state index >= 15 is 0 Å². The van der Waals surface area contributed by atoms with E-state index in [0.29, 0.717) is 17.9 Å². The SMILES string of the molecule is C#CC(CCC)NC(=O)c1c(N)cnn1CC. The lowest BCUT2D eigenvalue weighted by Crippen LogP contribution is -2.35. The van der Waals surface area contributed by atoms with Crippen molar-refractivity contribution in [3.63, 3.8) is 0 Å². The largest absolute Gasteiger partial charge is 0.396 e. The second kappa shape index (κ2) is 5.94. The highest BCUT2D eigenvalue weighted by molar-refractivity contribution is 5.97. The van der Waals surface area contributed by atoms with E-state index in [2.05, 4.69) is 16.3 Å². The van der Waals surface area contributed by atoms with Crippen LogP contribution in [-0.4, -0.2) is 21.7 Å². The molecule has 0 aliphatic heterocycles. The first-order valence-electron chi connectivity index (χ1n) is 5.72. The minimum Gasteiger partial charge on any atom is -0.396 e. The average molecular weight is 234 g/mol. The first-order chi connectivity index (χ1) is 8.13. The molecule has 3 N–H and O–H groups in total. The van der Waals surface area contributed by atoms with Gasteiger partial charge in [0.1, 0.15) is 5.69 Å². The van der Waals surface area contributed by atoms with E-state index in [1.807, 2.05) is 13.8 Å². The van der Waals surface area contributed by atoms with Crippen LogP contribution >= 0.6 is 0 Å². The van der Waals surface area contributed by atoms with E-state index in [0.717, 1.165) is 12.8 Å². The molecule has 5 nitrogen and oxygen atoms in total. The summed E-state index contributed by atoms with van der Waals surface area (Å²) in [4.78, 5) is 12.0. The topological polar surface area (TPSA) is 72.9 Å². The van der Waals surface area contributed by atoms with E-state index < -0.39 is 0 Å². The minimum absolute atomic E-state index is 0.257. The third-order valence-corrected chi connectivity index (χ3v) is 2.47. The molecule has 0 saturated heterocycles. The maximum atomic E-state index is 12.0. The molecule has 0 radical (unpaired) electrons. The lowest BCUT2D eigenvalue weighted by atomic mass is 10.1. The number of carbonyl (C=O) groups excluding carboxylic acids is 1. The summed E-state index contributed by atoms with van der Waals surface area (Å²) >= 11 is 0. The molecule has 1 atom stereocenters. The van der Waals surface area contributed by atoms with Crippen LogP contribution in [0.15, 0.2) is 6.20 Å². The van der Waals surface area contributed by atoms with Crippen molar-refractivity contribution in [2.75, 3.05) is 5.73 Å². The summed E-state index contributed by atoms with van der Waals surface area (Å²) in [5, 5.41) is 6.78. The number of aryl methyl sites for hydroxylation is 1. The molecule has 1 amide bonds. The number of nitrogens with two attached hydrogens (primary N) is 1. The Morgan fingerprint density at radius 1 is 1.71 bits per heavy atom. The van der Waals surface area contributed by atoms with Crippen molar-refractivity contribution in [3.05, 3.63) is 11.9 Å². The molecule has 5 heteroatoms. The van der Waals surface area contributed by atoms with Crippen molar-refractivity contribution in [2.45, 2.75) is 39.3 Å². The standard InChI is InChI=1S/C12H18N4O/c1-4-7-9(5-2)15-12(17)11-10(13)8-14-16(11)6-3/h2,8-9H,4,6-7,13H2,1,3H3,(H,15,17). The van der Waals surface area contributed by atoms with Gasteiger partial charge in [0.15, 0.2) is 0 Å². The zero-order valence-corrected chi connectivity index (χ0v) is 10.2. The summed E-state index contributed by atoms with van der Waals surface area (Å²) < 4.78 is 1.56. The Hall–Kier alpha value is -1.96. The van der Waals surface area contributed by atoms with Crippen LogP contribution in [0.1, 0.15) is 37.2 Å². The molecule has 1 unspecified atom stereocenters. The predicted molar refractivity (Wildman–Crippen MR) is 67.3 cm³/mol. The van der Waals surface area contributed by atoms with Gasteiger partial charge < -0.3 is 11.1 Å². The Kier molecular flexibility index (Phi) is 4.58. The predicted octanol–water partition coefficient (Wildman–Crippen LogP) is 1.02. The quantitative estimate of drug-likeness (QED) is 0.747. The molecule has 1 aromatic rings. The number of nitrogens with one attached hydrogen (secondary N) is 1. The van der Waals surface area contributed by atoms with Crippen LogP contribution in [0, 0.1) is 12.3 Å². The van der Waals surface area contributed by atoms with Crippen LogP contribution in [0.3, 0.4) is 0 Å². The Labute approximate surface area is 101 Å². The van der Waals surface area contributed by atoms with Crippen LogP contribution in [0.25, 0.3) is 0 Å². The average Bonchev–Trinajstić information content (AvgIpc) is 2.69. The maximum absolute atomic E-state index is 12.0. The van der Waals surface area contributed by atoms with Gasteiger partial charge in [0, 0.05) is 6.54 Å². The van der Waals surface area contributed by atoms with Gasteiger partial charge in [-0.05, 0) is 13.3 Å². The number of hydrogen-bond acceptors (Lipinski definition) is 3. The lowest BCUT2D eigenvalue weighted by molar-refractivity contribution is 0.0934. The minimum atomic E-state index is -0.266. The number of amides is 1. The zero-order chi connectivity index (χ0) is 12.8. The lowest BCUT2D eigenvalue weighted by Gasteiger charge is -2.13. The summed E-state index contributed by atoms with van der Waals surface area (Å²) in [6.07, 6.45) is 8.49. The van der Waals surface area contributed by atoms with Crippen LogP contribution < -0.4 is 11.1 Å². The molecule has 1 rings (SSSR count). The fourth-order valence-electron chi connectivity index (χ4n) is 1.60.